The lowest BCUT2D eigenvalue weighted by Gasteiger charge is -2.24. The van der Waals surface area contributed by atoms with Gasteiger partial charge in [0.15, 0.2) is 0 Å². The van der Waals surface area contributed by atoms with E-state index in [9.17, 15) is 14.7 Å². The predicted molar refractivity (Wildman–Crippen MR) is 75.3 cm³/mol. The minimum absolute atomic E-state index is 0.0391. The number of hydrogen-bond acceptors (Lipinski definition) is 4. The third-order valence-corrected chi connectivity index (χ3v) is 2.77. The molecule has 0 aliphatic heterocycles. The van der Waals surface area contributed by atoms with Gasteiger partial charge in [0.05, 0.1) is 0 Å². The van der Waals surface area contributed by atoms with Gasteiger partial charge in [-0.15, -0.1) is 0 Å². The molecule has 1 amide bonds. The number of amides is 1. The highest BCUT2D eigenvalue weighted by Crippen LogP contribution is 2.12. The number of carboxylic acid groups (broad SMARTS) is 1. The van der Waals surface area contributed by atoms with Gasteiger partial charge >= 0.3 is 12.1 Å². The summed E-state index contributed by atoms with van der Waals surface area (Å²) in [7, 11) is 1.39. The third-order valence-electron chi connectivity index (χ3n) is 2.77. The second kappa shape index (κ2) is 7.18. The van der Waals surface area contributed by atoms with E-state index in [0.29, 0.717) is 5.69 Å². The normalized spacial score (nSPS) is 11.4. The number of carbonyl (C=O) groups is 2. The van der Waals surface area contributed by atoms with E-state index >= 15 is 0 Å². The summed E-state index contributed by atoms with van der Waals surface area (Å²) >= 11 is 0. The molecule has 0 radical (unpaired) electrons. The fourth-order valence-electron chi connectivity index (χ4n) is 1.63. The van der Waals surface area contributed by atoms with Gasteiger partial charge in [-0.2, -0.15) is 0 Å². The van der Waals surface area contributed by atoms with E-state index in [2.05, 4.69) is 6.58 Å². The standard InChI is InChI=1S/C14H18N2O4/c1-3-8-20-14(19)16(2)12(13(17)18)9-10-4-6-11(15)7-5-10/h3-7,12H,1,8-9,15H2,2H3,(H,17,18)/t12-/m0/s1. The van der Waals surface area contributed by atoms with Gasteiger partial charge < -0.3 is 15.6 Å². The van der Waals surface area contributed by atoms with E-state index in [1.54, 1.807) is 24.3 Å². The zero-order valence-electron chi connectivity index (χ0n) is 11.3. The number of likely N-dealkylation sites (N-methyl/N-ethyl adjacent to an activating group) is 1. The number of rotatable bonds is 6. The maximum absolute atomic E-state index is 11.7. The van der Waals surface area contributed by atoms with Gasteiger partial charge in [0, 0.05) is 19.2 Å². The molecule has 108 valence electrons. The Labute approximate surface area is 117 Å². The molecular weight excluding hydrogens is 260 g/mol. The molecule has 1 rings (SSSR count). The molecule has 0 unspecified atom stereocenters. The van der Waals surface area contributed by atoms with E-state index in [4.69, 9.17) is 10.5 Å². The van der Waals surface area contributed by atoms with E-state index in [0.717, 1.165) is 10.5 Å². The quantitative estimate of drug-likeness (QED) is 0.608. The summed E-state index contributed by atoms with van der Waals surface area (Å²) in [4.78, 5) is 24.0. The first kappa shape index (κ1) is 15.6. The van der Waals surface area contributed by atoms with E-state index < -0.39 is 18.1 Å². The lowest BCUT2D eigenvalue weighted by atomic mass is 10.0. The monoisotopic (exact) mass is 278 g/mol. The molecule has 0 spiro atoms. The van der Waals surface area contributed by atoms with E-state index in [1.165, 1.54) is 13.1 Å². The fourth-order valence-corrected chi connectivity index (χ4v) is 1.63. The van der Waals surface area contributed by atoms with Crippen LogP contribution < -0.4 is 5.73 Å². The average molecular weight is 278 g/mol. The number of carbonyl (C=O) groups excluding carboxylic acids is 1. The molecule has 0 saturated carbocycles. The lowest BCUT2D eigenvalue weighted by molar-refractivity contribution is -0.142. The van der Waals surface area contributed by atoms with Crippen molar-refractivity contribution in [1.82, 2.24) is 4.90 Å². The molecule has 1 atom stereocenters. The van der Waals surface area contributed by atoms with Crippen LogP contribution >= 0.6 is 0 Å². The molecule has 0 aliphatic carbocycles. The number of ether oxygens (including phenoxy) is 1. The van der Waals surface area contributed by atoms with Crippen molar-refractivity contribution in [3.05, 3.63) is 42.5 Å². The minimum Gasteiger partial charge on any atom is -0.480 e. The van der Waals surface area contributed by atoms with Crippen molar-refractivity contribution in [2.75, 3.05) is 19.4 Å². The Morgan fingerprint density at radius 3 is 2.55 bits per heavy atom. The molecule has 0 bridgehead atoms. The molecule has 20 heavy (non-hydrogen) atoms. The van der Waals surface area contributed by atoms with Crippen molar-refractivity contribution in [3.63, 3.8) is 0 Å². The van der Waals surface area contributed by atoms with Crippen LogP contribution in [0.4, 0.5) is 10.5 Å². The number of anilines is 1. The second-order valence-electron chi connectivity index (χ2n) is 4.28. The van der Waals surface area contributed by atoms with Crippen LogP contribution in [0.2, 0.25) is 0 Å². The molecule has 1 aromatic carbocycles. The lowest BCUT2D eigenvalue weighted by Crippen LogP contribution is -2.44. The average Bonchev–Trinajstić information content (AvgIpc) is 2.43. The number of nitrogens with zero attached hydrogens (tertiary/aromatic N) is 1. The second-order valence-corrected chi connectivity index (χ2v) is 4.28. The van der Waals surface area contributed by atoms with Gasteiger partial charge in [-0.1, -0.05) is 24.8 Å². The van der Waals surface area contributed by atoms with Gasteiger partial charge in [0.2, 0.25) is 0 Å². The molecule has 0 aromatic heterocycles. The fraction of sp³-hybridized carbons (Fsp3) is 0.286. The number of benzene rings is 1. The SMILES string of the molecule is C=CCOC(=O)N(C)[C@@H](Cc1ccc(N)cc1)C(=O)O. The molecule has 6 heteroatoms. The third kappa shape index (κ3) is 4.31. The number of nitrogen functional groups attached to an aromatic ring is 1. The summed E-state index contributed by atoms with van der Waals surface area (Å²) in [6.45, 7) is 3.46. The molecular formula is C14H18N2O4. The Morgan fingerprint density at radius 1 is 1.45 bits per heavy atom. The smallest absolute Gasteiger partial charge is 0.410 e. The Hall–Kier alpha value is -2.50. The van der Waals surface area contributed by atoms with Crippen molar-refractivity contribution >= 4 is 17.7 Å². The molecule has 0 heterocycles. The number of hydrogen-bond donors (Lipinski definition) is 2. The number of nitrogens with two attached hydrogens (primary N) is 1. The first-order valence-corrected chi connectivity index (χ1v) is 6.03. The highest BCUT2D eigenvalue weighted by Gasteiger charge is 2.27. The Morgan fingerprint density at radius 2 is 2.05 bits per heavy atom. The van der Waals surface area contributed by atoms with Crippen molar-refractivity contribution in [1.29, 1.82) is 0 Å². The van der Waals surface area contributed by atoms with Gasteiger partial charge in [-0.25, -0.2) is 9.59 Å². The van der Waals surface area contributed by atoms with Crippen LogP contribution in [0, 0.1) is 0 Å². The Bertz CT molecular complexity index is 484. The van der Waals surface area contributed by atoms with Crippen molar-refractivity contribution in [2.24, 2.45) is 0 Å². The van der Waals surface area contributed by atoms with E-state index in [1.807, 2.05) is 0 Å². The molecule has 1 aromatic rings. The van der Waals surface area contributed by atoms with Crippen LogP contribution in [0.15, 0.2) is 36.9 Å². The summed E-state index contributed by atoms with van der Waals surface area (Å²) < 4.78 is 4.83. The first-order chi connectivity index (χ1) is 9.45. The Balaban J connectivity index is 2.78. The van der Waals surface area contributed by atoms with Crippen LogP contribution in [-0.4, -0.2) is 41.8 Å². The minimum atomic E-state index is -1.10. The molecule has 3 N–H and O–H groups in total. The zero-order chi connectivity index (χ0) is 15.1. The maximum Gasteiger partial charge on any atom is 0.410 e. The molecule has 0 aliphatic rings. The summed E-state index contributed by atoms with van der Waals surface area (Å²) in [5.74, 6) is -1.10. The first-order valence-electron chi connectivity index (χ1n) is 6.03. The molecule has 0 saturated heterocycles. The van der Waals surface area contributed by atoms with Crippen LogP contribution in [-0.2, 0) is 16.0 Å². The number of aliphatic carboxylic acids is 1. The summed E-state index contributed by atoms with van der Waals surface area (Å²) in [5.41, 5.74) is 6.94. The predicted octanol–water partition coefficient (Wildman–Crippen LogP) is 1.52. The summed E-state index contributed by atoms with van der Waals surface area (Å²) in [6, 6.07) is 5.83. The van der Waals surface area contributed by atoms with Gasteiger partial charge in [0.1, 0.15) is 12.6 Å². The summed E-state index contributed by atoms with van der Waals surface area (Å²) in [6.07, 6.45) is 0.893. The molecule has 6 nitrogen and oxygen atoms in total. The van der Waals surface area contributed by atoms with Crippen LogP contribution in [0.3, 0.4) is 0 Å². The van der Waals surface area contributed by atoms with E-state index in [-0.39, 0.29) is 13.0 Å². The van der Waals surface area contributed by atoms with Crippen LogP contribution in [0.25, 0.3) is 0 Å². The highest BCUT2D eigenvalue weighted by atomic mass is 16.6. The van der Waals surface area contributed by atoms with Gasteiger partial charge in [0.25, 0.3) is 0 Å². The zero-order valence-corrected chi connectivity index (χ0v) is 11.3. The van der Waals surface area contributed by atoms with Crippen LogP contribution in [0.1, 0.15) is 5.56 Å². The van der Waals surface area contributed by atoms with Crippen molar-refractivity contribution in [3.8, 4) is 0 Å². The summed E-state index contributed by atoms with van der Waals surface area (Å²) in [5, 5.41) is 9.24. The maximum atomic E-state index is 11.7. The van der Waals surface area contributed by atoms with Crippen LogP contribution in [0.5, 0.6) is 0 Å². The molecule has 0 fully saturated rings. The van der Waals surface area contributed by atoms with Gasteiger partial charge in [-0.3, -0.25) is 4.90 Å². The van der Waals surface area contributed by atoms with Crippen molar-refractivity contribution in [2.45, 2.75) is 12.5 Å². The van der Waals surface area contributed by atoms with Crippen molar-refractivity contribution < 1.29 is 19.4 Å². The largest absolute Gasteiger partial charge is 0.480 e. The van der Waals surface area contributed by atoms with Gasteiger partial charge in [-0.05, 0) is 17.7 Å². The number of carboxylic acids is 1. The Kier molecular flexibility index (Phi) is 5.58. The topological polar surface area (TPSA) is 92.9 Å². The highest BCUT2D eigenvalue weighted by molar-refractivity contribution is 5.80.